The monoisotopic (exact) mass is 245 g/mol. The van der Waals surface area contributed by atoms with Crippen molar-refractivity contribution in [3.63, 3.8) is 0 Å². The van der Waals surface area contributed by atoms with Crippen LogP contribution in [0.25, 0.3) is 0 Å². The standard InChI is InChI=1S/C12H11N3O3/c13-6-4-9(16)15(5-6)8-3-1-2-7-10(8)12(18)14-11(7)17/h1-3,6H,4-5,13H2,(H,14,17,18). The normalized spacial score (nSPS) is 22.4. The molecular formula is C12H11N3O3. The maximum absolute atomic E-state index is 11.8. The van der Waals surface area contributed by atoms with Gasteiger partial charge in [-0.15, -0.1) is 0 Å². The number of hydrogen-bond donors (Lipinski definition) is 2. The third-order valence-electron chi connectivity index (χ3n) is 3.19. The van der Waals surface area contributed by atoms with E-state index in [1.54, 1.807) is 18.2 Å². The SMILES string of the molecule is NC1CC(=O)N(c2cccc3c2C(=O)NC3=O)C1. The summed E-state index contributed by atoms with van der Waals surface area (Å²) < 4.78 is 0. The van der Waals surface area contributed by atoms with Crippen molar-refractivity contribution < 1.29 is 14.4 Å². The first-order valence-electron chi connectivity index (χ1n) is 5.62. The Bertz CT molecular complexity index is 582. The molecule has 92 valence electrons. The molecule has 1 aromatic carbocycles. The van der Waals surface area contributed by atoms with Gasteiger partial charge in [0.25, 0.3) is 11.8 Å². The van der Waals surface area contributed by atoms with E-state index in [0.29, 0.717) is 17.8 Å². The number of rotatable bonds is 1. The zero-order valence-corrected chi connectivity index (χ0v) is 9.47. The summed E-state index contributed by atoms with van der Waals surface area (Å²) in [5.41, 5.74) is 6.78. The summed E-state index contributed by atoms with van der Waals surface area (Å²) in [6.45, 7) is 0.372. The van der Waals surface area contributed by atoms with E-state index in [0.717, 1.165) is 0 Å². The van der Waals surface area contributed by atoms with E-state index in [2.05, 4.69) is 5.32 Å². The van der Waals surface area contributed by atoms with Crippen LogP contribution in [0.3, 0.4) is 0 Å². The lowest BCUT2D eigenvalue weighted by Crippen LogP contribution is -2.29. The molecule has 0 spiro atoms. The van der Waals surface area contributed by atoms with E-state index < -0.39 is 11.8 Å². The average molecular weight is 245 g/mol. The first kappa shape index (κ1) is 10.9. The molecule has 1 atom stereocenters. The molecule has 3 N–H and O–H groups in total. The van der Waals surface area contributed by atoms with Crippen LogP contribution in [-0.2, 0) is 4.79 Å². The van der Waals surface area contributed by atoms with Crippen LogP contribution in [0, 0.1) is 0 Å². The van der Waals surface area contributed by atoms with Gasteiger partial charge in [-0.1, -0.05) is 6.07 Å². The van der Waals surface area contributed by atoms with Crippen LogP contribution < -0.4 is 16.0 Å². The minimum atomic E-state index is -0.459. The fourth-order valence-corrected chi connectivity index (χ4v) is 2.39. The van der Waals surface area contributed by atoms with E-state index >= 15 is 0 Å². The van der Waals surface area contributed by atoms with Crippen molar-refractivity contribution in [2.45, 2.75) is 12.5 Å². The summed E-state index contributed by atoms with van der Waals surface area (Å²) in [7, 11) is 0. The van der Waals surface area contributed by atoms with Crippen molar-refractivity contribution in [1.82, 2.24) is 5.32 Å². The second kappa shape index (κ2) is 3.64. The summed E-state index contributed by atoms with van der Waals surface area (Å²) in [5.74, 6) is -1.00. The van der Waals surface area contributed by atoms with Crippen molar-refractivity contribution >= 4 is 23.4 Å². The molecule has 0 aliphatic carbocycles. The van der Waals surface area contributed by atoms with Gasteiger partial charge in [0, 0.05) is 19.0 Å². The number of nitrogens with one attached hydrogen (secondary N) is 1. The molecule has 6 heteroatoms. The average Bonchev–Trinajstić information content (AvgIpc) is 2.80. The topological polar surface area (TPSA) is 92.5 Å². The predicted molar refractivity (Wildman–Crippen MR) is 63.2 cm³/mol. The Morgan fingerprint density at radius 1 is 1.22 bits per heavy atom. The zero-order valence-electron chi connectivity index (χ0n) is 9.47. The third-order valence-corrected chi connectivity index (χ3v) is 3.19. The second-order valence-corrected chi connectivity index (χ2v) is 4.45. The van der Waals surface area contributed by atoms with E-state index in [9.17, 15) is 14.4 Å². The smallest absolute Gasteiger partial charge is 0.261 e. The van der Waals surface area contributed by atoms with Crippen molar-refractivity contribution in [3.05, 3.63) is 29.3 Å². The zero-order chi connectivity index (χ0) is 12.9. The number of nitrogens with two attached hydrogens (primary N) is 1. The number of carbonyl (C=O) groups is 3. The fraction of sp³-hybridized carbons (Fsp3) is 0.250. The van der Waals surface area contributed by atoms with Gasteiger partial charge in [-0.25, -0.2) is 0 Å². The van der Waals surface area contributed by atoms with Gasteiger partial charge in [0.2, 0.25) is 5.91 Å². The number of benzene rings is 1. The highest BCUT2D eigenvalue weighted by Crippen LogP contribution is 2.30. The van der Waals surface area contributed by atoms with Gasteiger partial charge in [-0.3, -0.25) is 19.7 Å². The van der Waals surface area contributed by atoms with Crippen LogP contribution in [-0.4, -0.2) is 30.3 Å². The Kier molecular flexibility index (Phi) is 2.21. The molecule has 3 rings (SSSR count). The third kappa shape index (κ3) is 1.42. The van der Waals surface area contributed by atoms with Crippen LogP contribution in [0.5, 0.6) is 0 Å². The highest BCUT2D eigenvalue weighted by Gasteiger charge is 2.35. The Morgan fingerprint density at radius 2 is 2.00 bits per heavy atom. The molecule has 6 nitrogen and oxygen atoms in total. The molecule has 2 aliphatic heterocycles. The van der Waals surface area contributed by atoms with Crippen LogP contribution in [0.1, 0.15) is 27.1 Å². The van der Waals surface area contributed by atoms with E-state index in [4.69, 9.17) is 5.73 Å². The lowest BCUT2D eigenvalue weighted by molar-refractivity contribution is -0.117. The Labute approximate surface area is 103 Å². The molecule has 18 heavy (non-hydrogen) atoms. The number of hydrogen-bond acceptors (Lipinski definition) is 4. The number of fused-ring (bicyclic) bond motifs is 1. The first-order valence-corrected chi connectivity index (χ1v) is 5.62. The molecule has 1 unspecified atom stereocenters. The van der Waals surface area contributed by atoms with Gasteiger partial charge in [0.1, 0.15) is 0 Å². The van der Waals surface area contributed by atoms with Crippen molar-refractivity contribution in [1.29, 1.82) is 0 Å². The summed E-state index contributed by atoms with van der Waals surface area (Å²) in [4.78, 5) is 36.5. The quantitative estimate of drug-likeness (QED) is 0.660. The Morgan fingerprint density at radius 3 is 2.67 bits per heavy atom. The van der Waals surface area contributed by atoms with Crippen LogP contribution in [0.15, 0.2) is 18.2 Å². The maximum atomic E-state index is 11.8. The van der Waals surface area contributed by atoms with Crippen molar-refractivity contribution in [2.75, 3.05) is 11.4 Å². The molecule has 3 amide bonds. The summed E-state index contributed by atoms with van der Waals surface area (Å²) in [6.07, 6.45) is 0.263. The molecule has 2 aliphatic rings. The highest BCUT2D eigenvalue weighted by molar-refractivity contribution is 6.24. The Balaban J connectivity index is 2.12. The van der Waals surface area contributed by atoms with Gasteiger partial charge in [-0.2, -0.15) is 0 Å². The molecule has 0 aromatic heterocycles. The molecule has 2 heterocycles. The number of anilines is 1. The Hall–Kier alpha value is -2.21. The number of carbonyl (C=O) groups excluding carboxylic acids is 3. The molecule has 1 aromatic rings. The molecule has 1 saturated heterocycles. The van der Waals surface area contributed by atoms with E-state index in [1.165, 1.54) is 4.90 Å². The van der Waals surface area contributed by atoms with Gasteiger partial charge in [0.05, 0.1) is 16.8 Å². The van der Waals surface area contributed by atoms with Gasteiger partial charge in [-0.05, 0) is 12.1 Å². The second-order valence-electron chi connectivity index (χ2n) is 4.45. The highest BCUT2D eigenvalue weighted by atomic mass is 16.2. The van der Waals surface area contributed by atoms with Gasteiger partial charge >= 0.3 is 0 Å². The largest absolute Gasteiger partial charge is 0.326 e. The van der Waals surface area contributed by atoms with Crippen molar-refractivity contribution in [3.8, 4) is 0 Å². The van der Waals surface area contributed by atoms with Crippen LogP contribution in [0.2, 0.25) is 0 Å². The number of amides is 3. The summed E-state index contributed by atoms with van der Waals surface area (Å²) in [6, 6.07) is 4.66. The summed E-state index contributed by atoms with van der Waals surface area (Å²) >= 11 is 0. The maximum Gasteiger partial charge on any atom is 0.261 e. The summed E-state index contributed by atoms with van der Waals surface area (Å²) in [5, 5.41) is 2.23. The van der Waals surface area contributed by atoms with Crippen molar-refractivity contribution in [2.24, 2.45) is 5.73 Å². The van der Waals surface area contributed by atoms with E-state index in [1.807, 2.05) is 0 Å². The lowest BCUT2D eigenvalue weighted by Gasteiger charge is -2.18. The molecule has 0 radical (unpaired) electrons. The molecule has 0 saturated carbocycles. The van der Waals surface area contributed by atoms with Gasteiger partial charge in [0.15, 0.2) is 0 Å². The molecule has 0 bridgehead atoms. The lowest BCUT2D eigenvalue weighted by atomic mass is 10.1. The number of imide groups is 1. The molecular weight excluding hydrogens is 234 g/mol. The van der Waals surface area contributed by atoms with Crippen LogP contribution in [0.4, 0.5) is 5.69 Å². The van der Waals surface area contributed by atoms with Gasteiger partial charge < -0.3 is 10.6 Å². The van der Waals surface area contributed by atoms with E-state index in [-0.39, 0.29) is 23.9 Å². The minimum Gasteiger partial charge on any atom is -0.326 e. The first-order chi connectivity index (χ1) is 8.58. The van der Waals surface area contributed by atoms with Crippen LogP contribution >= 0.6 is 0 Å². The minimum absolute atomic E-state index is 0.122. The number of nitrogens with zero attached hydrogens (tertiary/aromatic N) is 1. The fourth-order valence-electron chi connectivity index (χ4n) is 2.39. The predicted octanol–water partition coefficient (Wildman–Crippen LogP) is -0.366. The molecule has 1 fully saturated rings.